The molecule has 0 N–H and O–H groups in total. The second-order valence-corrected chi connectivity index (χ2v) is 12.7. The van der Waals surface area contributed by atoms with Gasteiger partial charge in [-0.15, -0.1) is 23.2 Å². The quantitative estimate of drug-likeness (QED) is 0.126. The molecule has 1 heterocycles. The molecule has 2 fully saturated rings. The van der Waals surface area contributed by atoms with Crippen LogP contribution < -0.4 is 0 Å². The van der Waals surface area contributed by atoms with E-state index in [1.54, 1.807) is 0 Å². The number of amides is 3. The van der Waals surface area contributed by atoms with Gasteiger partial charge in [-0.25, -0.2) is 5.01 Å². The van der Waals surface area contributed by atoms with Crippen LogP contribution in [-0.2, 0) is 9.59 Å². The summed E-state index contributed by atoms with van der Waals surface area (Å²) in [5, 5.41) is 22.8. The van der Waals surface area contributed by atoms with Crippen molar-refractivity contribution in [1.82, 2.24) is 10.0 Å². The van der Waals surface area contributed by atoms with Crippen molar-refractivity contribution in [3.8, 4) is 0 Å². The molecule has 2 aromatic rings. The highest BCUT2D eigenvalue weighted by molar-refractivity contribution is 6.66. The van der Waals surface area contributed by atoms with Crippen LogP contribution in [0.25, 0.3) is 0 Å². The fourth-order valence-electron chi connectivity index (χ4n) is 5.42. The van der Waals surface area contributed by atoms with Gasteiger partial charge in [0.25, 0.3) is 29.1 Å². The number of non-ortho nitro benzene ring substituents is 1. The topological polar surface area (TPSA) is 161 Å². The van der Waals surface area contributed by atoms with Crippen LogP contribution in [0.15, 0.2) is 58.6 Å². The zero-order chi connectivity index (χ0) is 31.1. The molecule has 2 aliphatic carbocycles. The minimum absolute atomic E-state index is 0.264. The van der Waals surface area contributed by atoms with Crippen molar-refractivity contribution in [2.45, 2.75) is 14.1 Å². The van der Waals surface area contributed by atoms with E-state index in [1.807, 2.05) is 0 Å². The Labute approximate surface area is 264 Å². The van der Waals surface area contributed by atoms with E-state index in [2.05, 4.69) is 0 Å². The van der Waals surface area contributed by atoms with Gasteiger partial charge in [0.15, 0.2) is 10.1 Å². The van der Waals surface area contributed by atoms with E-state index >= 15 is 0 Å². The smallest absolute Gasteiger partial charge is 0.282 e. The van der Waals surface area contributed by atoms with E-state index < -0.39 is 92.8 Å². The number of benzene rings is 2. The number of fused-ring (bicyclic) bond motifs is 5. The van der Waals surface area contributed by atoms with Crippen molar-refractivity contribution in [3.05, 3.63) is 90.0 Å². The number of nitro groups is 2. The number of rotatable bonds is 7. The number of para-hydroxylation sites is 1. The molecule has 218 valence electrons. The molecule has 0 spiro atoms. The van der Waals surface area contributed by atoms with Crippen LogP contribution in [0.1, 0.15) is 20.7 Å². The number of halogens is 6. The summed E-state index contributed by atoms with van der Waals surface area (Å²) in [7, 11) is 0. The van der Waals surface area contributed by atoms with Crippen LogP contribution in [0.2, 0.25) is 0 Å². The Hall–Kier alpha value is -3.00. The van der Waals surface area contributed by atoms with E-state index in [0.29, 0.717) is 5.01 Å². The molecule has 3 aliphatic rings. The third kappa shape index (κ3) is 3.82. The second kappa shape index (κ2) is 10.0. The fourth-order valence-corrected chi connectivity index (χ4v) is 8.35. The van der Waals surface area contributed by atoms with Crippen molar-refractivity contribution in [2.75, 3.05) is 6.54 Å². The Morgan fingerprint density at radius 3 is 1.93 bits per heavy atom. The number of carbonyl (C=O) groups excluding carboxylic acids is 4. The fraction of sp³-hybridized carbons (Fsp3) is 0.250. The van der Waals surface area contributed by atoms with Crippen LogP contribution in [0.3, 0.4) is 0 Å². The minimum Gasteiger partial charge on any atom is -0.292 e. The third-order valence-corrected chi connectivity index (χ3v) is 11.6. The summed E-state index contributed by atoms with van der Waals surface area (Å²) in [5.74, 6) is -8.03. The van der Waals surface area contributed by atoms with E-state index in [-0.39, 0.29) is 10.6 Å². The number of nitro benzene ring substituents is 2. The predicted molar refractivity (Wildman–Crippen MR) is 151 cm³/mol. The number of carbonyl (C=O) groups is 4. The maximum Gasteiger partial charge on any atom is 0.282 e. The lowest BCUT2D eigenvalue weighted by Gasteiger charge is -2.36. The summed E-state index contributed by atoms with van der Waals surface area (Å²) in [5.41, 5.74) is -2.01. The first kappa shape index (κ1) is 30.5. The van der Waals surface area contributed by atoms with Gasteiger partial charge >= 0.3 is 0 Å². The molecule has 42 heavy (non-hydrogen) atoms. The molecule has 0 unspecified atom stereocenters. The van der Waals surface area contributed by atoms with Crippen molar-refractivity contribution < 1.29 is 29.0 Å². The summed E-state index contributed by atoms with van der Waals surface area (Å²) in [6, 6.07) is 9.03. The highest BCUT2D eigenvalue weighted by Gasteiger charge is 2.88. The normalized spacial score (nSPS) is 27.3. The van der Waals surface area contributed by atoms with Crippen molar-refractivity contribution in [2.24, 2.45) is 11.8 Å². The monoisotopic (exact) mass is 694 g/mol. The minimum atomic E-state index is -2.28. The number of hydrogen-bond acceptors (Lipinski definition) is 8. The number of alkyl halides is 4. The third-order valence-electron chi connectivity index (χ3n) is 7.36. The van der Waals surface area contributed by atoms with Gasteiger partial charge in [-0.1, -0.05) is 70.7 Å². The van der Waals surface area contributed by atoms with Gasteiger partial charge in [-0.2, -0.15) is 5.01 Å². The highest BCUT2D eigenvalue weighted by atomic mass is 35.5. The number of nitrogens with zero attached hydrogens (tertiary/aromatic N) is 4. The van der Waals surface area contributed by atoms with Gasteiger partial charge in [-0.05, 0) is 6.07 Å². The molecule has 18 heteroatoms. The van der Waals surface area contributed by atoms with E-state index in [4.69, 9.17) is 69.6 Å². The Morgan fingerprint density at radius 2 is 1.40 bits per heavy atom. The lowest BCUT2D eigenvalue weighted by molar-refractivity contribution is -0.385. The molecule has 1 saturated heterocycles. The second-order valence-electron chi connectivity index (χ2n) is 9.44. The Balaban J connectivity index is 1.63. The number of hydrazine groups is 1. The summed E-state index contributed by atoms with van der Waals surface area (Å²) < 4.78 is -2.28. The largest absolute Gasteiger partial charge is 0.292 e. The average molecular weight is 697 g/mol. The van der Waals surface area contributed by atoms with Crippen LogP contribution >= 0.6 is 69.6 Å². The van der Waals surface area contributed by atoms with Gasteiger partial charge < -0.3 is 0 Å². The Morgan fingerprint density at radius 1 is 0.857 bits per heavy atom. The lowest BCUT2D eigenvalue weighted by atomic mass is 9.84. The van der Waals surface area contributed by atoms with Crippen molar-refractivity contribution in [1.29, 1.82) is 0 Å². The number of imide groups is 1. The van der Waals surface area contributed by atoms with E-state index in [9.17, 15) is 39.4 Å². The number of ketones is 1. The summed E-state index contributed by atoms with van der Waals surface area (Å²) in [4.78, 5) is 71.8. The lowest BCUT2D eigenvalue weighted by Crippen LogP contribution is -2.56. The van der Waals surface area contributed by atoms with Gasteiger partial charge in [-0.3, -0.25) is 39.4 Å². The van der Waals surface area contributed by atoms with Crippen LogP contribution in [0, 0.1) is 32.1 Å². The Kier molecular flexibility index (Phi) is 7.28. The van der Waals surface area contributed by atoms with Crippen LogP contribution in [-0.4, -0.2) is 64.0 Å². The number of allylic oxidation sites excluding steroid dienone is 2. The van der Waals surface area contributed by atoms with Crippen LogP contribution in [0.5, 0.6) is 0 Å². The molecule has 4 atom stereocenters. The molecule has 3 amide bonds. The predicted octanol–water partition coefficient (Wildman–Crippen LogP) is 5.19. The summed E-state index contributed by atoms with van der Waals surface area (Å²) >= 11 is 39.0. The molecular formula is C24H12Cl6N4O8. The van der Waals surface area contributed by atoms with Gasteiger partial charge in [0.2, 0.25) is 0 Å². The average Bonchev–Trinajstić information content (AvgIpc) is 3.34. The molecule has 2 aromatic carbocycles. The van der Waals surface area contributed by atoms with Gasteiger partial charge in [0.1, 0.15) is 21.9 Å². The molecule has 1 saturated carbocycles. The first-order valence-corrected chi connectivity index (χ1v) is 13.8. The first-order valence-electron chi connectivity index (χ1n) is 11.6. The maximum atomic E-state index is 13.9. The first-order chi connectivity index (χ1) is 19.5. The zero-order valence-electron chi connectivity index (χ0n) is 20.3. The number of hydrogen-bond donors (Lipinski definition) is 0. The molecule has 2 bridgehead atoms. The standard InChI is InChI=1S/C24H12Cl6N4O8/c25-17-18(26)23(28)16-15(22(17,27)24(23,29)30)20(37)32(21(16)38)31(19(36)12-6-1-2-7-13(12)34(41)42)9-14(35)10-4-3-5-11(8-10)33(39)40/h1-8,15-16H,9H2/t15-,16+,22-,23-/m1/s1. The maximum absolute atomic E-state index is 13.9. The summed E-state index contributed by atoms with van der Waals surface area (Å²) in [6.45, 7) is -1.07. The molecule has 0 radical (unpaired) electrons. The van der Waals surface area contributed by atoms with E-state index in [0.717, 1.165) is 24.3 Å². The molecule has 5 rings (SSSR count). The Bertz CT molecular complexity index is 1640. The molecule has 0 aromatic heterocycles. The van der Waals surface area contributed by atoms with Crippen molar-refractivity contribution >= 4 is 104 Å². The van der Waals surface area contributed by atoms with E-state index in [1.165, 1.54) is 24.3 Å². The van der Waals surface area contributed by atoms with Gasteiger partial charge in [0, 0.05) is 23.8 Å². The van der Waals surface area contributed by atoms with Gasteiger partial charge in [0.05, 0.1) is 31.7 Å². The zero-order valence-corrected chi connectivity index (χ0v) is 24.8. The molecule has 12 nitrogen and oxygen atoms in total. The van der Waals surface area contributed by atoms with Crippen LogP contribution in [0.4, 0.5) is 11.4 Å². The summed E-state index contributed by atoms with van der Waals surface area (Å²) in [6.07, 6.45) is 0. The SMILES string of the molecule is O=C(CN(C(=O)c1ccccc1[N+](=O)[O-])N1C(=O)[C@@H]2[C@H](C1=O)[C@@]1(Cl)C(Cl)=C(Cl)[C@@]2(Cl)C1(Cl)Cl)c1cccc([N+](=O)[O-])c1. The van der Waals surface area contributed by atoms with Crippen molar-refractivity contribution in [3.63, 3.8) is 0 Å². The molecule has 1 aliphatic heterocycles. The number of Topliss-reactive ketones (excluding diaryl/α,β-unsaturated/α-hetero) is 1. The molecular weight excluding hydrogens is 685 g/mol. The highest BCUT2D eigenvalue weighted by Crippen LogP contribution is 2.77.